The van der Waals surface area contributed by atoms with Gasteiger partial charge in [0.1, 0.15) is 12.2 Å². The molecule has 3 aromatic heterocycles. The summed E-state index contributed by atoms with van der Waals surface area (Å²) in [6, 6.07) is 3.48. The van der Waals surface area contributed by atoms with Crippen LogP contribution in [0.3, 0.4) is 0 Å². The minimum Gasteiger partial charge on any atom is -0.320 e. The summed E-state index contributed by atoms with van der Waals surface area (Å²) in [6.45, 7) is 7.42. The number of carbonyl (C=O) groups is 1. The van der Waals surface area contributed by atoms with Crippen molar-refractivity contribution < 1.29 is 4.79 Å². The van der Waals surface area contributed by atoms with Crippen molar-refractivity contribution in [2.75, 3.05) is 11.9 Å². The molecule has 0 bridgehead atoms. The van der Waals surface area contributed by atoms with Gasteiger partial charge in [0.25, 0.3) is 0 Å². The highest BCUT2D eigenvalue weighted by atomic mass is 16.2. The third-order valence-electron chi connectivity index (χ3n) is 4.44. The lowest BCUT2D eigenvalue weighted by Crippen LogP contribution is -2.39. The van der Waals surface area contributed by atoms with Gasteiger partial charge < -0.3 is 10.2 Å². The summed E-state index contributed by atoms with van der Waals surface area (Å²) in [7, 11) is 0. The topological polar surface area (TPSA) is 88.3 Å². The van der Waals surface area contributed by atoms with Gasteiger partial charge in [0, 0.05) is 36.3 Å². The van der Waals surface area contributed by atoms with Crippen LogP contribution in [0.15, 0.2) is 30.9 Å². The summed E-state index contributed by atoms with van der Waals surface area (Å²) in [4.78, 5) is 27.8. The molecule has 0 saturated heterocycles. The number of rotatable bonds is 1. The third kappa shape index (κ3) is 2.98. The minimum atomic E-state index is -0.161. The van der Waals surface area contributed by atoms with Gasteiger partial charge in [0.2, 0.25) is 0 Å². The number of amides is 2. The van der Waals surface area contributed by atoms with Crippen molar-refractivity contribution in [2.24, 2.45) is 0 Å². The first-order valence-electron chi connectivity index (χ1n) is 8.61. The molecule has 0 fully saturated rings. The van der Waals surface area contributed by atoms with E-state index < -0.39 is 0 Å². The number of carbonyl (C=O) groups excluding carboxylic acids is 1. The molecule has 8 nitrogen and oxygen atoms in total. The number of urea groups is 1. The fourth-order valence-electron chi connectivity index (χ4n) is 2.99. The molecule has 4 rings (SSSR count). The number of fused-ring (bicyclic) bond motifs is 2. The molecule has 134 valence electrons. The van der Waals surface area contributed by atoms with E-state index in [1.54, 1.807) is 15.6 Å². The maximum absolute atomic E-state index is 12.7. The Labute approximate surface area is 151 Å². The standard InChI is InChI=1S/C18H21N7O/c1-18(2,3)16-19-9-12-10-24(8-6-13(12)22-16)17(26)23-14-5-4-7-25-15(14)20-11-21-25/h4-5,7,9,11H,6,8,10H2,1-3H3,(H,23,26). The molecule has 2 amide bonds. The van der Waals surface area contributed by atoms with Crippen LogP contribution in [0.2, 0.25) is 0 Å². The zero-order chi connectivity index (χ0) is 18.3. The Morgan fingerprint density at radius 2 is 2.12 bits per heavy atom. The molecule has 1 aliphatic heterocycles. The summed E-state index contributed by atoms with van der Waals surface area (Å²) in [5, 5.41) is 7.01. The lowest BCUT2D eigenvalue weighted by molar-refractivity contribution is 0.205. The molecule has 3 aromatic rings. The molecule has 1 aliphatic rings. The number of hydrogen-bond donors (Lipinski definition) is 1. The normalized spacial score (nSPS) is 14.3. The van der Waals surface area contributed by atoms with Crippen LogP contribution in [-0.4, -0.2) is 42.0 Å². The van der Waals surface area contributed by atoms with E-state index in [9.17, 15) is 4.79 Å². The van der Waals surface area contributed by atoms with Gasteiger partial charge in [-0.1, -0.05) is 20.8 Å². The molecule has 0 radical (unpaired) electrons. The van der Waals surface area contributed by atoms with Crippen LogP contribution in [0.4, 0.5) is 10.5 Å². The number of nitrogens with one attached hydrogen (secondary N) is 1. The summed E-state index contributed by atoms with van der Waals surface area (Å²) < 4.78 is 1.63. The van der Waals surface area contributed by atoms with E-state index in [1.807, 2.05) is 18.3 Å². The second kappa shape index (κ2) is 6.05. The Morgan fingerprint density at radius 1 is 1.27 bits per heavy atom. The highest BCUT2D eigenvalue weighted by Crippen LogP contribution is 2.23. The van der Waals surface area contributed by atoms with Crippen molar-refractivity contribution in [3.63, 3.8) is 0 Å². The molecule has 0 aliphatic carbocycles. The molecule has 0 spiro atoms. The number of hydrogen-bond acceptors (Lipinski definition) is 5. The van der Waals surface area contributed by atoms with Gasteiger partial charge in [0.05, 0.1) is 17.9 Å². The molecule has 4 heterocycles. The van der Waals surface area contributed by atoms with E-state index in [2.05, 4.69) is 41.2 Å². The predicted octanol–water partition coefficient (Wildman–Crippen LogP) is 2.41. The first-order chi connectivity index (χ1) is 12.4. The van der Waals surface area contributed by atoms with E-state index in [0.717, 1.165) is 23.5 Å². The van der Waals surface area contributed by atoms with Crippen LogP contribution < -0.4 is 5.32 Å². The quantitative estimate of drug-likeness (QED) is 0.727. The first kappa shape index (κ1) is 16.4. The Balaban J connectivity index is 1.52. The molecule has 0 aromatic carbocycles. The van der Waals surface area contributed by atoms with E-state index in [1.165, 1.54) is 6.33 Å². The van der Waals surface area contributed by atoms with Gasteiger partial charge >= 0.3 is 6.03 Å². The van der Waals surface area contributed by atoms with Crippen LogP contribution in [-0.2, 0) is 18.4 Å². The van der Waals surface area contributed by atoms with E-state index in [0.29, 0.717) is 24.4 Å². The number of pyridine rings is 1. The summed E-state index contributed by atoms with van der Waals surface area (Å²) >= 11 is 0. The van der Waals surface area contributed by atoms with Crippen LogP contribution in [0.5, 0.6) is 0 Å². The largest absolute Gasteiger partial charge is 0.322 e. The van der Waals surface area contributed by atoms with Gasteiger partial charge in [-0.15, -0.1) is 0 Å². The molecule has 26 heavy (non-hydrogen) atoms. The molecule has 8 heteroatoms. The fraction of sp³-hybridized carbons (Fsp3) is 0.389. The van der Waals surface area contributed by atoms with E-state index >= 15 is 0 Å². The average molecular weight is 351 g/mol. The molecule has 0 unspecified atom stereocenters. The van der Waals surface area contributed by atoms with Crippen LogP contribution in [0, 0.1) is 0 Å². The zero-order valence-electron chi connectivity index (χ0n) is 15.1. The van der Waals surface area contributed by atoms with Crippen molar-refractivity contribution in [1.29, 1.82) is 0 Å². The predicted molar refractivity (Wildman–Crippen MR) is 96.9 cm³/mol. The maximum atomic E-state index is 12.7. The molecule has 0 saturated carbocycles. The maximum Gasteiger partial charge on any atom is 0.322 e. The van der Waals surface area contributed by atoms with Gasteiger partial charge in [-0.2, -0.15) is 5.10 Å². The van der Waals surface area contributed by atoms with Gasteiger partial charge in [0.15, 0.2) is 5.65 Å². The van der Waals surface area contributed by atoms with Crippen LogP contribution in [0.25, 0.3) is 5.65 Å². The average Bonchev–Trinajstić information content (AvgIpc) is 3.10. The van der Waals surface area contributed by atoms with Crippen molar-refractivity contribution in [1.82, 2.24) is 29.5 Å². The highest BCUT2D eigenvalue weighted by molar-refractivity contribution is 5.93. The Kier molecular flexibility index (Phi) is 3.82. The van der Waals surface area contributed by atoms with Crippen molar-refractivity contribution in [3.05, 3.63) is 47.9 Å². The van der Waals surface area contributed by atoms with Crippen LogP contribution in [0.1, 0.15) is 37.9 Å². The zero-order valence-corrected chi connectivity index (χ0v) is 15.1. The molecular formula is C18H21N7O. The van der Waals surface area contributed by atoms with E-state index in [-0.39, 0.29) is 11.4 Å². The van der Waals surface area contributed by atoms with Gasteiger partial charge in [-0.3, -0.25) is 0 Å². The van der Waals surface area contributed by atoms with Gasteiger partial charge in [-0.25, -0.2) is 24.3 Å². The number of aromatic nitrogens is 5. The van der Waals surface area contributed by atoms with Crippen molar-refractivity contribution in [3.8, 4) is 0 Å². The lowest BCUT2D eigenvalue weighted by atomic mass is 9.95. The Bertz CT molecular complexity index is 973. The van der Waals surface area contributed by atoms with Crippen molar-refractivity contribution in [2.45, 2.75) is 39.2 Å². The first-order valence-corrected chi connectivity index (χ1v) is 8.61. The number of anilines is 1. The number of nitrogens with zero attached hydrogens (tertiary/aromatic N) is 6. The van der Waals surface area contributed by atoms with Crippen molar-refractivity contribution >= 4 is 17.4 Å². The summed E-state index contributed by atoms with van der Waals surface area (Å²) in [5.74, 6) is 0.840. The minimum absolute atomic E-state index is 0.0829. The van der Waals surface area contributed by atoms with Gasteiger partial charge in [-0.05, 0) is 12.1 Å². The van der Waals surface area contributed by atoms with Crippen LogP contribution >= 0.6 is 0 Å². The summed E-state index contributed by atoms with van der Waals surface area (Å²) in [6.07, 6.45) is 5.83. The SMILES string of the molecule is CC(C)(C)c1ncc2c(n1)CCN(C(=O)Nc1cccn3ncnc13)C2. The highest BCUT2D eigenvalue weighted by Gasteiger charge is 2.25. The Hall–Kier alpha value is -3.03. The lowest BCUT2D eigenvalue weighted by Gasteiger charge is -2.29. The smallest absolute Gasteiger partial charge is 0.320 e. The molecule has 1 N–H and O–H groups in total. The fourth-order valence-corrected chi connectivity index (χ4v) is 2.99. The van der Waals surface area contributed by atoms with E-state index in [4.69, 9.17) is 4.98 Å². The summed E-state index contributed by atoms with van der Waals surface area (Å²) in [5.41, 5.74) is 3.21. The second-order valence-corrected chi connectivity index (χ2v) is 7.47. The molecule has 0 atom stereocenters. The Morgan fingerprint density at radius 3 is 2.92 bits per heavy atom. The second-order valence-electron chi connectivity index (χ2n) is 7.47. The molecular weight excluding hydrogens is 330 g/mol. The monoisotopic (exact) mass is 351 g/mol. The third-order valence-corrected chi connectivity index (χ3v) is 4.44.